The Balaban J connectivity index is 1.36. The molecule has 0 radical (unpaired) electrons. The molecule has 1 atom stereocenters. The normalized spacial score (nSPS) is 15.6. The lowest BCUT2D eigenvalue weighted by Crippen LogP contribution is -2.48. The van der Waals surface area contributed by atoms with Gasteiger partial charge in [-0.1, -0.05) is 54.6 Å². The van der Waals surface area contributed by atoms with E-state index in [1.165, 1.54) is 5.56 Å². The largest absolute Gasteiger partial charge is 0.497 e. The maximum absolute atomic E-state index is 5.40. The van der Waals surface area contributed by atoms with E-state index in [9.17, 15) is 0 Å². The van der Waals surface area contributed by atoms with Crippen LogP contribution in [0.5, 0.6) is 11.5 Å². The second-order valence-corrected chi connectivity index (χ2v) is 8.97. The fraction of sp³-hybridized carbons (Fsp3) is 0.276. The van der Waals surface area contributed by atoms with E-state index >= 15 is 0 Å². The van der Waals surface area contributed by atoms with Gasteiger partial charge in [0.05, 0.1) is 25.9 Å². The van der Waals surface area contributed by atoms with Crippen LogP contribution in [0.25, 0.3) is 11.8 Å². The van der Waals surface area contributed by atoms with Crippen molar-refractivity contribution in [2.24, 2.45) is 0 Å². The van der Waals surface area contributed by atoms with Crippen molar-refractivity contribution in [3.8, 4) is 17.2 Å². The molecular formula is C29H32N6O2. The number of aromatic nitrogens is 4. The van der Waals surface area contributed by atoms with E-state index in [0.717, 1.165) is 61.3 Å². The summed E-state index contributed by atoms with van der Waals surface area (Å²) in [6, 6.07) is 26.3. The minimum atomic E-state index is -0.0926. The van der Waals surface area contributed by atoms with Crippen LogP contribution in [0, 0.1) is 0 Å². The Hall–Kier alpha value is -4.01. The highest BCUT2D eigenvalue weighted by atomic mass is 16.5. The summed E-state index contributed by atoms with van der Waals surface area (Å²) >= 11 is 0. The standard InChI is InChI=1S/C29H32N6O2/c1-36-26-14-10-24(11-15-26)28(29-30-31-32-35(29)25-12-16-27(37-2)17-13-25)34-21-19-33(20-22-34)18-6-9-23-7-4-3-5-8-23/h3-17,28H,18-22H2,1-2H3/b9-6+. The van der Waals surface area contributed by atoms with Crippen LogP contribution in [0.4, 0.5) is 0 Å². The van der Waals surface area contributed by atoms with E-state index in [1.807, 2.05) is 47.1 Å². The topological polar surface area (TPSA) is 68.5 Å². The third-order valence-corrected chi connectivity index (χ3v) is 6.73. The second kappa shape index (κ2) is 11.8. The van der Waals surface area contributed by atoms with E-state index in [2.05, 4.69) is 73.9 Å². The average Bonchev–Trinajstić information content (AvgIpc) is 3.44. The molecule has 0 amide bonds. The van der Waals surface area contributed by atoms with Crippen molar-refractivity contribution in [3.05, 3.63) is 102 Å². The van der Waals surface area contributed by atoms with Gasteiger partial charge >= 0.3 is 0 Å². The highest BCUT2D eigenvalue weighted by molar-refractivity contribution is 5.48. The van der Waals surface area contributed by atoms with Crippen LogP contribution >= 0.6 is 0 Å². The molecule has 1 unspecified atom stereocenters. The number of hydrogen-bond acceptors (Lipinski definition) is 7. The first kappa shape index (κ1) is 24.7. The van der Waals surface area contributed by atoms with E-state index in [0.29, 0.717) is 0 Å². The van der Waals surface area contributed by atoms with Gasteiger partial charge in [0.25, 0.3) is 0 Å². The number of nitrogens with zero attached hydrogens (tertiary/aromatic N) is 6. The van der Waals surface area contributed by atoms with Crippen molar-refractivity contribution in [2.75, 3.05) is 46.9 Å². The van der Waals surface area contributed by atoms with Gasteiger partial charge in [-0.25, -0.2) is 0 Å². The molecule has 1 aliphatic heterocycles. The Kier molecular flexibility index (Phi) is 7.88. The minimum Gasteiger partial charge on any atom is -0.497 e. The highest BCUT2D eigenvalue weighted by Crippen LogP contribution is 2.31. The molecule has 0 N–H and O–H groups in total. The zero-order valence-corrected chi connectivity index (χ0v) is 21.3. The Bertz CT molecular complexity index is 1280. The molecule has 5 rings (SSSR count). The van der Waals surface area contributed by atoms with Gasteiger partial charge < -0.3 is 9.47 Å². The maximum Gasteiger partial charge on any atom is 0.178 e. The van der Waals surface area contributed by atoms with E-state index in [-0.39, 0.29) is 6.04 Å². The lowest BCUT2D eigenvalue weighted by molar-refractivity contribution is 0.113. The molecule has 1 aliphatic rings. The summed E-state index contributed by atoms with van der Waals surface area (Å²) in [7, 11) is 3.34. The Labute approximate surface area is 217 Å². The minimum absolute atomic E-state index is 0.0926. The molecule has 37 heavy (non-hydrogen) atoms. The summed E-state index contributed by atoms with van der Waals surface area (Å²) in [6.07, 6.45) is 4.44. The number of benzene rings is 3. The van der Waals surface area contributed by atoms with Gasteiger partial charge in [-0.2, -0.15) is 4.68 Å². The summed E-state index contributed by atoms with van der Waals surface area (Å²) in [5, 5.41) is 12.9. The van der Waals surface area contributed by atoms with Gasteiger partial charge in [-0.15, -0.1) is 5.10 Å². The van der Waals surface area contributed by atoms with Crippen LogP contribution < -0.4 is 9.47 Å². The number of methoxy groups -OCH3 is 2. The molecule has 0 spiro atoms. The fourth-order valence-electron chi connectivity index (χ4n) is 4.69. The van der Waals surface area contributed by atoms with Gasteiger partial charge in [0.15, 0.2) is 5.82 Å². The predicted octanol–water partition coefficient (Wildman–Crippen LogP) is 4.10. The Morgan fingerprint density at radius 3 is 2.11 bits per heavy atom. The van der Waals surface area contributed by atoms with E-state index in [4.69, 9.17) is 9.47 Å². The summed E-state index contributed by atoms with van der Waals surface area (Å²) in [5.74, 6) is 2.41. The number of hydrogen-bond donors (Lipinski definition) is 0. The molecule has 4 aromatic rings. The third-order valence-electron chi connectivity index (χ3n) is 6.73. The second-order valence-electron chi connectivity index (χ2n) is 8.97. The summed E-state index contributed by atoms with van der Waals surface area (Å²) in [4.78, 5) is 4.94. The monoisotopic (exact) mass is 496 g/mol. The van der Waals surface area contributed by atoms with Crippen molar-refractivity contribution < 1.29 is 9.47 Å². The molecule has 1 saturated heterocycles. The van der Waals surface area contributed by atoms with Crippen molar-refractivity contribution in [3.63, 3.8) is 0 Å². The average molecular weight is 497 g/mol. The number of ether oxygens (including phenoxy) is 2. The molecular weight excluding hydrogens is 464 g/mol. The maximum atomic E-state index is 5.40. The van der Waals surface area contributed by atoms with Gasteiger partial charge in [0.1, 0.15) is 11.5 Å². The SMILES string of the molecule is COc1ccc(C(c2nnnn2-c2ccc(OC)cc2)N2CCN(C/C=C/c3ccccc3)CC2)cc1. The van der Waals surface area contributed by atoms with Crippen molar-refractivity contribution in [2.45, 2.75) is 6.04 Å². The molecule has 0 aliphatic carbocycles. The molecule has 190 valence electrons. The molecule has 1 fully saturated rings. The first-order chi connectivity index (χ1) is 18.2. The zero-order chi connectivity index (χ0) is 25.5. The third kappa shape index (κ3) is 5.87. The summed E-state index contributed by atoms with van der Waals surface area (Å²) in [5.41, 5.74) is 3.25. The van der Waals surface area contributed by atoms with Crippen molar-refractivity contribution in [1.29, 1.82) is 0 Å². The number of piperazine rings is 1. The van der Waals surface area contributed by atoms with Crippen LogP contribution in [0.1, 0.15) is 23.0 Å². The predicted molar refractivity (Wildman–Crippen MR) is 144 cm³/mol. The number of rotatable bonds is 9. The lowest BCUT2D eigenvalue weighted by atomic mass is 10.0. The molecule has 8 heteroatoms. The molecule has 0 bridgehead atoms. The Morgan fingerprint density at radius 1 is 0.811 bits per heavy atom. The van der Waals surface area contributed by atoms with Gasteiger partial charge in [-0.3, -0.25) is 9.80 Å². The molecule has 1 aromatic heterocycles. The van der Waals surface area contributed by atoms with E-state index < -0.39 is 0 Å². The fourth-order valence-corrected chi connectivity index (χ4v) is 4.69. The van der Waals surface area contributed by atoms with Crippen molar-refractivity contribution in [1.82, 2.24) is 30.0 Å². The van der Waals surface area contributed by atoms with Crippen LogP contribution in [-0.4, -0.2) is 77.0 Å². The quantitative estimate of drug-likeness (QED) is 0.346. The van der Waals surface area contributed by atoms with Gasteiger partial charge in [0, 0.05) is 32.7 Å². The first-order valence-corrected chi connectivity index (χ1v) is 12.5. The van der Waals surface area contributed by atoms with E-state index in [1.54, 1.807) is 14.2 Å². The Morgan fingerprint density at radius 2 is 1.46 bits per heavy atom. The summed E-state index contributed by atoms with van der Waals surface area (Å²) < 4.78 is 12.5. The van der Waals surface area contributed by atoms with Crippen LogP contribution in [-0.2, 0) is 0 Å². The van der Waals surface area contributed by atoms with Gasteiger partial charge in [0.2, 0.25) is 0 Å². The molecule has 3 aromatic carbocycles. The zero-order valence-electron chi connectivity index (χ0n) is 21.3. The van der Waals surface area contributed by atoms with Gasteiger partial charge in [-0.05, 0) is 58.0 Å². The molecule has 8 nitrogen and oxygen atoms in total. The summed E-state index contributed by atoms with van der Waals surface area (Å²) in [6.45, 7) is 4.68. The lowest BCUT2D eigenvalue weighted by Gasteiger charge is -2.38. The molecule has 2 heterocycles. The first-order valence-electron chi connectivity index (χ1n) is 12.5. The number of tetrazole rings is 1. The van der Waals surface area contributed by atoms with Crippen LogP contribution in [0.2, 0.25) is 0 Å². The highest BCUT2D eigenvalue weighted by Gasteiger charge is 2.31. The smallest absolute Gasteiger partial charge is 0.178 e. The van der Waals surface area contributed by atoms with Crippen LogP contribution in [0.3, 0.4) is 0 Å². The molecule has 0 saturated carbocycles. The van der Waals surface area contributed by atoms with Crippen molar-refractivity contribution >= 4 is 6.08 Å². The van der Waals surface area contributed by atoms with Crippen LogP contribution in [0.15, 0.2) is 84.9 Å².